The number of halogens is 12. The number of alkyl halides is 12. The van der Waals surface area contributed by atoms with Crippen LogP contribution in [0.1, 0.15) is 0 Å². The van der Waals surface area contributed by atoms with E-state index >= 15 is 0 Å². The molecule has 0 rings (SSSR count). The van der Waals surface area contributed by atoms with Crippen molar-refractivity contribution in [3.05, 3.63) is 0 Å². The Morgan fingerprint density at radius 1 is 0.333 bits per heavy atom. The fourth-order valence-electron chi connectivity index (χ4n) is 0. The second-order valence-electron chi connectivity index (χ2n) is 3.60. The van der Waals surface area contributed by atoms with Gasteiger partial charge in [-0.15, -0.1) is 0 Å². The molecule has 0 amide bonds. The van der Waals surface area contributed by atoms with E-state index in [1.807, 2.05) is 0 Å². The third kappa shape index (κ3) is 21.7. The van der Waals surface area contributed by atoms with E-state index in [4.69, 9.17) is 51.9 Å². The second-order valence-corrected chi connectivity index (χ2v) is 9.08. The first-order valence-electron chi connectivity index (χ1n) is 5.08. The molecule has 0 unspecified atom stereocenters. The van der Waals surface area contributed by atoms with Crippen LogP contribution >= 0.6 is 0 Å². The molecule has 204 valence electrons. The van der Waals surface area contributed by atoms with Gasteiger partial charge in [0, 0.05) is 0 Å². The van der Waals surface area contributed by atoms with Gasteiger partial charge in [0.15, 0.2) is 40.5 Å². The predicted octanol–water partition coefficient (Wildman–Crippen LogP) is 0.203. The second kappa shape index (κ2) is 12.9. The van der Waals surface area contributed by atoms with Gasteiger partial charge in [-0.05, 0) is 0 Å². The van der Waals surface area contributed by atoms with E-state index in [2.05, 4.69) is 0 Å². The standard InChI is InChI=1S/4CHF3O3S.Ru/c4*2-1(3,4)8(5,6)7;/h4*(H,5,6,7);/q;;;;+4/p-4. The Kier molecular flexibility index (Phi) is 16.7. The van der Waals surface area contributed by atoms with E-state index in [9.17, 15) is 52.7 Å². The van der Waals surface area contributed by atoms with Crippen LogP contribution in [0.15, 0.2) is 0 Å². The third-order valence-corrected chi connectivity index (χ3v) is 3.40. The molecule has 29 heteroatoms. The Bertz CT molecular complexity index is 828. The molecule has 0 N–H and O–H groups in total. The molecule has 0 aromatic carbocycles. The topological polar surface area (TPSA) is 229 Å². The van der Waals surface area contributed by atoms with E-state index in [-0.39, 0.29) is 19.5 Å². The van der Waals surface area contributed by atoms with Crippen LogP contribution in [0.2, 0.25) is 0 Å². The minimum absolute atomic E-state index is 0. The normalized spacial score (nSPS) is 13.6. The molecule has 0 atom stereocenters. The molecule has 0 aliphatic heterocycles. The summed E-state index contributed by atoms with van der Waals surface area (Å²) in [4.78, 5) is 0. The van der Waals surface area contributed by atoms with Crippen molar-refractivity contribution in [2.75, 3.05) is 0 Å². The minimum Gasteiger partial charge on any atom is -0.741 e. The van der Waals surface area contributed by atoms with Crippen LogP contribution in [0.4, 0.5) is 52.7 Å². The summed E-state index contributed by atoms with van der Waals surface area (Å²) in [6.07, 6.45) is 0. The summed E-state index contributed by atoms with van der Waals surface area (Å²) in [5, 5.41) is 0. The summed E-state index contributed by atoms with van der Waals surface area (Å²) in [5.41, 5.74) is -22.6. The summed E-state index contributed by atoms with van der Waals surface area (Å²) < 4.78 is 236. The zero-order valence-corrected chi connectivity index (χ0v) is 18.4. The molecule has 0 spiro atoms. The maximum Gasteiger partial charge on any atom is 4.00 e. The van der Waals surface area contributed by atoms with Crippen molar-refractivity contribution in [1.29, 1.82) is 0 Å². The average Bonchev–Trinajstić information content (AvgIpc) is 2.30. The Labute approximate surface area is 186 Å². The van der Waals surface area contributed by atoms with Gasteiger partial charge in [-0.3, -0.25) is 0 Å². The first kappa shape index (κ1) is 42.6. The molecule has 0 aliphatic carbocycles. The van der Waals surface area contributed by atoms with Gasteiger partial charge in [-0.2, -0.15) is 52.7 Å². The Morgan fingerprint density at radius 2 is 0.364 bits per heavy atom. The van der Waals surface area contributed by atoms with E-state index in [0.717, 1.165) is 0 Å². The van der Waals surface area contributed by atoms with Gasteiger partial charge < -0.3 is 18.2 Å². The fraction of sp³-hybridized carbons (Fsp3) is 1.00. The van der Waals surface area contributed by atoms with Crippen LogP contribution in [0.25, 0.3) is 0 Å². The summed E-state index contributed by atoms with van der Waals surface area (Å²) in [5.74, 6) is 0. The monoisotopic (exact) mass is 698 g/mol. The number of hydrogen-bond donors (Lipinski definition) is 0. The largest absolute Gasteiger partial charge is 4.00 e. The van der Waals surface area contributed by atoms with E-state index in [1.165, 1.54) is 0 Å². The fourth-order valence-corrected chi connectivity index (χ4v) is 0. The van der Waals surface area contributed by atoms with Crippen LogP contribution in [0.5, 0.6) is 0 Å². The van der Waals surface area contributed by atoms with Crippen LogP contribution in [0, 0.1) is 0 Å². The number of rotatable bonds is 0. The average molecular weight is 697 g/mol. The molecular weight excluding hydrogens is 697 g/mol. The molecule has 0 heterocycles. The van der Waals surface area contributed by atoms with Crippen LogP contribution in [-0.2, 0) is 60.0 Å². The Hall–Kier alpha value is -0.577. The molecule has 0 saturated carbocycles. The molecule has 0 aliphatic rings. The molecule has 0 fully saturated rings. The first-order chi connectivity index (χ1) is 13.0. The van der Waals surface area contributed by atoms with Gasteiger partial charge >= 0.3 is 41.5 Å². The molecular formula is C4F12O12RuS4. The summed E-state index contributed by atoms with van der Waals surface area (Å²) in [6, 6.07) is 0. The van der Waals surface area contributed by atoms with Gasteiger partial charge in [0.05, 0.1) is 0 Å². The van der Waals surface area contributed by atoms with Crippen molar-refractivity contribution in [3.8, 4) is 0 Å². The Morgan fingerprint density at radius 3 is 0.364 bits per heavy atom. The smallest absolute Gasteiger partial charge is 0.741 e. The summed E-state index contributed by atoms with van der Waals surface area (Å²) in [6.45, 7) is 0. The minimum atomic E-state index is -6.09. The SMILES string of the molecule is O=S(=O)([O-])C(F)(F)F.O=S(=O)([O-])C(F)(F)F.O=S(=O)([O-])C(F)(F)F.O=S(=O)([O-])C(F)(F)F.[Ru+4]. The van der Waals surface area contributed by atoms with Crippen molar-refractivity contribution in [3.63, 3.8) is 0 Å². The zero-order valence-electron chi connectivity index (χ0n) is 13.4. The maximum atomic E-state index is 10.7. The summed E-state index contributed by atoms with van der Waals surface area (Å²) >= 11 is 0. The van der Waals surface area contributed by atoms with Crippen LogP contribution in [-0.4, -0.2) is 73.9 Å². The number of hydrogen-bond acceptors (Lipinski definition) is 12. The van der Waals surface area contributed by atoms with Gasteiger partial charge in [-0.1, -0.05) is 0 Å². The third-order valence-electron chi connectivity index (χ3n) is 1.13. The molecule has 0 saturated heterocycles. The van der Waals surface area contributed by atoms with E-state index in [1.54, 1.807) is 0 Å². The van der Waals surface area contributed by atoms with Crippen molar-refractivity contribution >= 4 is 40.5 Å². The summed E-state index contributed by atoms with van der Waals surface area (Å²) in [7, 11) is -24.4. The van der Waals surface area contributed by atoms with Crippen LogP contribution in [0.3, 0.4) is 0 Å². The molecule has 12 nitrogen and oxygen atoms in total. The van der Waals surface area contributed by atoms with Gasteiger partial charge in [0.2, 0.25) is 0 Å². The zero-order chi connectivity index (χ0) is 28.0. The quantitative estimate of drug-likeness (QED) is 0.143. The van der Waals surface area contributed by atoms with Gasteiger partial charge in [-0.25, -0.2) is 33.7 Å². The van der Waals surface area contributed by atoms with Crippen molar-refractivity contribution in [2.24, 2.45) is 0 Å². The van der Waals surface area contributed by atoms with Gasteiger partial charge in [0.1, 0.15) is 0 Å². The molecule has 0 aromatic rings. The molecule has 0 bridgehead atoms. The van der Waals surface area contributed by atoms with Crippen molar-refractivity contribution < 1.29 is 124 Å². The predicted molar refractivity (Wildman–Crippen MR) is 63.0 cm³/mol. The molecule has 0 aromatic heterocycles. The Balaban J connectivity index is -0.000000105. The van der Waals surface area contributed by atoms with Crippen molar-refractivity contribution in [1.82, 2.24) is 0 Å². The van der Waals surface area contributed by atoms with Gasteiger partial charge in [0.25, 0.3) is 0 Å². The molecule has 0 radical (unpaired) electrons. The van der Waals surface area contributed by atoms with E-state index < -0.39 is 62.5 Å². The first-order valence-corrected chi connectivity index (χ1v) is 10.7. The maximum absolute atomic E-state index is 10.7. The van der Waals surface area contributed by atoms with Crippen molar-refractivity contribution in [2.45, 2.75) is 22.0 Å². The van der Waals surface area contributed by atoms with E-state index in [0.29, 0.717) is 0 Å². The molecule has 33 heavy (non-hydrogen) atoms. The van der Waals surface area contributed by atoms with Crippen LogP contribution < -0.4 is 0 Å².